The van der Waals surface area contributed by atoms with E-state index in [4.69, 9.17) is 33.5 Å². The maximum absolute atomic E-state index is 9.91. The van der Waals surface area contributed by atoms with Crippen molar-refractivity contribution in [3.63, 3.8) is 0 Å². The Balaban J connectivity index is 0.000000342. The van der Waals surface area contributed by atoms with Gasteiger partial charge < -0.3 is 5.73 Å². The van der Waals surface area contributed by atoms with E-state index in [0.717, 1.165) is 0 Å². The van der Waals surface area contributed by atoms with E-state index in [1.807, 2.05) is 0 Å². The van der Waals surface area contributed by atoms with Crippen LogP contribution in [0.1, 0.15) is 0 Å². The SMILES string of the molecule is Nc1c(Cl)cccc1Cl.O=S(=O)=NCCS(=O)(=O)O. The van der Waals surface area contributed by atoms with Crippen LogP contribution in [0.3, 0.4) is 0 Å². The standard InChI is InChI=1S/C6H5Cl2N.C2H5NO5S2/c7-4-2-1-3-5(8)6(4)9;4-9(5)3-1-2-10(6,7)8/h1-3H,9H2;1-2H2,(H,6,7,8). The molecule has 11 heteroatoms. The van der Waals surface area contributed by atoms with E-state index in [2.05, 4.69) is 4.36 Å². The van der Waals surface area contributed by atoms with Gasteiger partial charge in [0, 0.05) is 0 Å². The van der Waals surface area contributed by atoms with Gasteiger partial charge in [0.25, 0.3) is 10.1 Å². The Morgan fingerprint density at radius 1 is 1.26 bits per heavy atom. The van der Waals surface area contributed by atoms with Crippen LogP contribution in [0.25, 0.3) is 0 Å². The molecular weight excluding hydrogens is 339 g/mol. The number of nitrogens with two attached hydrogens (primary N) is 1. The summed E-state index contributed by atoms with van der Waals surface area (Å²) in [5.41, 5.74) is 5.86. The van der Waals surface area contributed by atoms with Gasteiger partial charge in [-0.2, -0.15) is 21.2 Å². The van der Waals surface area contributed by atoms with Crippen molar-refractivity contribution in [3.05, 3.63) is 28.2 Å². The van der Waals surface area contributed by atoms with E-state index >= 15 is 0 Å². The molecule has 7 nitrogen and oxygen atoms in total. The number of hydrogen-bond donors (Lipinski definition) is 2. The molecule has 0 bridgehead atoms. The van der Waals surface area contributed by atoms with Crippen molar-refractivity contribution in [3.8, 4) is 0 Å². The van der Waals surface area contributed by atoms with E-state index in [9.17, 15) is 16.8 Å². The zero-order valence-corrected chi connectivity index (χ0v) is 12.5. The van der Waals surface area contributed by atoms with Crippen LogP contribution >= 0.6 is 23.2 Å². The first-order chi connectivity index (χ1) is 8.63. The van der Waals surface area contributed by atoms with E-state index < -0.39 is 32.9 Å². The summed E-state index contributed by atoms with van der Waals surface area (Å²) in [6, 6.07) is 5.15. The van der Waals surface area contributed by atoms with Gasteiger partial charge in [0.15, 0.2) is 0 Å². The Morgan fingerprint density at radius 2 is 1.74 bits per heavy atom. The molecule has 0 saturated heterocycles. The molecule has 0 saturated carbocycles. The van der Waals surface area contributed by atoms with Crippen LogP contribution in [0.2, 0.25) is 10.0 Å². The average Bonchev–Trinajstić information content (AvgIpc) is 2.24. The average molecular weight is 349 g/mol. The summed E-state index contributed by atoms with van der Waals surface area (Å²) in [4.78, 5) is 0. The fourth-order valence-corrected chi connectivity index (χ4v) is 1.81. The lowest BCUT2D eigenvalue weighted by Crippen LogP contribution is -2.06. The second-order valence-electron chi connectivity index (χ2n) is 2.99. The maximum atomic E-state index is 9.91. The largest absolute Gasteiger partial charge is 0.396 e. The highest BCUT2D eigenvalue weighted by molar-refractivity contribution is 7.85. The smallest absolute Gasteiger partial charge is 0.311 e. The molecule has 3 N–H and O–H groups in total. The van der Waals surface area contributed by atoms with Gasteiger partial charge in [-0.05, 0) is 12.1 Å². The number of benzene rings is 1. The first kappa shape index (κ1) is 18.1. The fourth-order valence-electron chi connectivity index (χ4n) is 0.738. The molecule has 0 fully saturated rings. The van der Waals surface area contributed by atoms with Crippen LogP contribution in [0.5, 0.6) is 0 Å². The van der Waals surface area contributed by atoms with Crippen LogP contribution in [0.15, 0.2) is 22.6 Å². The third kappa shape index (κ3) is 9.68. The van der Waals surface area contributed by atoms with Crippen LogP contribution in [-0.2, 0) is 20.6 Å². The highest BCUT2D eigenvalue weighted by atomic mass is 35.5. The first-order valence-electron chi connectivity index (χ1n) is 4.55. The third-order valence-corrected chi connectivity index (χ3v) is 3.30. The molecule has 0 aliphatic carbocycles. The van der Waals surface area contributed by atoms with Gasteiger partial charge in [-0.25, -0.2) is 0 Å². The normalized spacial score (nSPS) is 10.3. The van der Waals surface area contributed by atoms with Gasteiger partial charge >= 0.3 is 10.5 Å². The highest BCUT2D eigenvalue weighted by Gasteiger charge is 2.01. The van der Waals surface area contributed by atoms with Gasteiger partial charge in [0.1, 0.15) is 0 Å². The Hall–Kier alpha value is -0.870. The van der Waals surface area contributed by atoms with Crippen LogP contribution in [-0.4, -0.2) is 33.7 Å². The van der Waals surface area contributed by atoms with Crippen LogP contribution in [0, 0.1) is 0 Å². The van der Waals surface area contributed by atoms with E-state index in [0.29, 0.717) is 15.7 Å². The van der Waals surface area contributed by atoms with Crippen molar-refractivity contribution in [2.24, 2.45) is 4.36 Å². The van der Waals surface area contributed by atoms with E-state index in [1.165, 1.54) is 0 Å². The molecule has 0 heterocycles. The minimum atomic E-state index is -4.09. The topological polar surface area (TPSA) is 127 Å². The molecule has 0 radical (unpaired) electrons. The summed E-state index contributed by atoms with van der Waals surface area (Å²) in [5, 5.41) is 1.00. The highest BCUT2D eigenvalue weighted by Crippen LogP contribution is 2.25. The molecule has 0 aliphatic heterocycles. The third-order valence-electron chi connectivity index (χ3n) is 1.55. The number of nitrogen functional groups attached to an aromatic ring is 1. The zero-order valence-electron chi connectivity index (χ0n) is 9.32. The summed E-state index contributed by atoms with van der Waals surface area (Å²) in [7, 11) is -6.69. The van der Waals surface area contributed by atoms with E-state index in [1.54, 1.807) is 18.2 Å². The van der Waals surface area contributed by atoms with Crippen LogP contribution < -0.4 is 5.73 Å². The summed E-state index contributed by atoms with van der Waals surface area (Å²) < 4.78 is 49.9. The quantitative estimate of drug-likeness (QED) is 0.629. The number of hydrogen-bond acceptors (Lipinski definition) is 6. The van der Waals surface area contributed by atoms with Gasteiger partial charge in [0.05, 0.1) is 28.0 Å². The molecule has 1 aromatic carbocycles. The minimum absolute atomic E-state index is 0.436. The molecule has 108 valence electrons. The Morgan fingerprint density at radius 3 is 2.05 bits per heavy atom. The predicted octanol–water partition coefficient (Wildman–Crippen LogP) is 1.51. The van der Waals surface area contributed by atoms with Crippen molar-refractivity contribution in [2.45, 2.75) is 0 Å². The molecule has 0 spiro atoms. The molecule has 0 atom stereocenters. The lowest BCUT2D eigenvalue weighted by atomic mass is 10.3. The first-order valence-corrected chi connectivity index (χ1v) is 7.94. The second-order valence-corrected chi connectivity index (χ2v) is 6.07. The number of anilines is 1. The zero-order chi connectivity index (χ0) is 15.1. The van der Waals surface area contributed by atoms with Crippen LogP contribution in [0.4, 0.5) is 5.69 Å². The molecule has 19 heavy (non-hydrogen) atoms. The monoisotopic (exact) mass is 348 g/mol. The van der Waals surface area contributed by atoms with E-state index in [-0.39, 0.29) is 0 Å². The number of nitrogens with zero attached hydrogens (tertiary/aromatic N) is 1. The summed E-state index contributed by atoms with van der Waals surface area (Å²) >= 11 is 11.2. The number of para-hydroxylation sites is 1. The lowest BCUT2D eigenvalue weighted by Gasteiger charge is -1.96. The summed E-state index contributed by atoms with van der Waals surface area (Å²) in [5.74, 6) is -0.666. The van der Waals surface area contributed by atoms with Crippen molar-refractivity contribution in [2.75, 3.05) is 18.0 Å². The Labute approximate surface area is 121 Å². The molecule has 0 unspecified atom stereocenters. The van der Waals surface area contributed by atoms with Crippen molar-refractivity contribution in [1.29, 1.82) is 0 Å². The molecular formula is C8H10Cl2N2O5S2. The van der Waals surface area contributed by atoms with Gasteiger partial charge in [-0.1, -0.05) is 29.3 Å². The fraction of sp³-hybridized carbons (Fsp3) is 0.250. The second kappa shape index (κ2) is 8.33. The van der Waals surface area contributed by atoms with Gasteiger partial charge in [-0.3, -0.25) is 4.55 Å². The molecule has 0 aromatic heterocycles. The summed E-state index contributed by atoms with van der Waals surface area (Å²) in [6.07, 6.45) is 0. The van der Waals surface area contributed by atoms with Crippen molar-refractivity contribution in [1.82, 2.24) is 0 Å². The Bertz CT molecular complexity index is 629. The Kier molecular flexibility index (Phi) is 7.95. The molecule has 1 rings (SSSR count). The van der Waals surface area contributed by atoms with Crippen molar-refractivity contribution < 1.29 is 21.4 Å². The molecule has 0 amide bonds. The number of halogens is 2. The molecule has 0 aliphatic rings. The lowest BCUT2D eigenvalue weighted by molar-refractivity contribution is 0.483. The molecule has 1 aromatic rings. The minimum Gasteiger partial charge on any atom is -0.396 e. The number of rotatable bonds is 3. The maximum Gasteiger partial charge on any atom is 0.311 e. The predicted molar refractivity (Wildman–Crippen MR) is 73.5 cm³/mol. The summed E-state index contributed by atoms with van der Waals surface area (Å²) in [6.45, 7) is -0.436. The van der Waals surface area contributed by atoms with Gasteiger partial charge in [-0.15, -0.1) is 0 Å². The van der Waals surface area contributed by atoms with Crippen molar-refractivity contribution >= 4 is 49.5 Å². The van der Waals surface area contributed by atoms with Gasteiger partial charge in [0.2, 0.25) is 0 Å².